The molecule has 0 spiro atoms. The van der Waals surface area contributed by atoms with Gasteiger partial charge in [-0.1, -0.05) is 19.0 Å². The van der Waals surface area contributed by atoms with Crippen molar-refractivity contribution in [3.8, 4) is 0 Å². The molecule has 1 aliphatic heterocycles. The van der Waals surface area contributed by atoms with E-state index in [-0.39, 0.29) is 17.7 Å². The summed E-state index contributed by atoms with van der Waals surface area (Å²) in [5.74, 6) is 1.92. The lowest BCUT2D eigenvalue weighted by Crippen LogP contribution is -2.40. The number of hydrogen-bond donors (Lipinski definition) is 0. The van der Waals surface area contributed by atoms with Gasteiger partial charge in [0.25, 0.3) is 0 Å². The molecule has 0 aliphatic carbocycles. The molecule has 7 nitrogen and oxygen atoms in total. The summed E-state index contributed by atoms with van der Waals surface area (Å²) in [4.78, 5) is 18.9. The van der Waals surface area contributed by atoms with Crippen LogP contribution < -0.4 is 0 Å². The summed E-state index contributed by atoms with van der Waals surface area (Å²) in [6.07, 6.45) is 5.98. The van der Waals surface area contributed by atoms with E-state index in [9.17, 15) is 4.79 Å². The number of aryl methyl sites for hydroxylation is 1. The summed E-state index contributed by atoms with van der Waals surface area (Å²) in [5.41, 5.74) is 0.946. The van der Waals surface area contributed by atoms with E-state index in [0.29, 0.717) is 18.9 Å². The van der Waals surface area contributed by atoms with Gasteiger partial charge >= 0.3 is 0 Å². The third kappa shape index (κ3) is 3.60. The van der Waals surface area contributed by atoms with Crippen LogP contribution in [0.5, 0.6) is 0 Å². The van der Waals surface area contributed by atoms with Gasteiger partial charge < -0.3 is 9.42 Å². The fraction of sp³-hybridized carbons (Fsp3) is 0.625. The Balaban J connectivity index is 1.64. The molecule has 7 heteroatoms. The number of carbonyl (C=O) groups is 1. The smallest absolute Gasteiger partial charge is 0.229 e. The zero-order chi connectivity index (χ0) is 16.4. The molecule has 2 aromatic heterocycles. The highest BCUT2D eigenvalue weighted by Crippen LogP contribution is 2.26. The quantitative estimate of drug-likeness (QED) is 0.860. The first-order valence-corrected chi connectivity index (χ1v) is 8.11. The molecule has 23 heavy (non-hydrogen) atoms. The van der Waals surface area contributed by atoms with Crippen molar-refractivity contribution in [3.63, 3.8) is 0 Å². The minimum Gasteiger partial charge on any atom is -0.342 e. The number of likely N-dealkylation sites (tertiary alicyclic amines) is 1. The van der Waals surface area contributed by atoms with Gasteiger partial charge in [-0.3, -0.25) is 9.48 Å². The molecule has 0 bridgehead atoms. The molecule has 1 saturated heterocycles. The average molecular weight is 317 g/mol. The Morgan fingerprint density at radius 2 is 2.30 bits per heavy atom. The Morgan fingerprint density at radius 1 is 1.48 bits per heavy atom. The molecule has 1 unspecified atom stereocenters. The molecule has 3 rings (SSSR count). The van der Waals surface area contributed by atoms with Gasteiger partial charge in [-0.25, -0.2) is 0 Å². The molecule has 1 amide bonds. The third-order valence-electron chi connectivity index (χ3n) is 4.20. The van der Waals surface area contributed by atoms with Crippen LogP contribution in [0.1, 0.15) is 55.8 Å². The lowest BCUT2D eigenvalue weighted by atomic mass is 9.97. The number of hydrogen-bond acceptors (Lipinski definition) is 5. The molecule has 1 atom stereocenters. The Bertz CT molecular complexity index is 676. The highest BCUT2D eigenvalue weighted by molar-refractivity contribution is 5.78. The van der Waals surface area contributed by atoms with Crippen LogP contribution in [0.4, 0.5) is 0 Å². The highest BCUT2D eigenvalue weighted by atomic mass is 16.5. The number of piperidine rings is 1. The van der Waals surface area contributed by atoms with E-state index in [1.165, 1.54) is 0 Å². The molecule has 3 heterocycles. The normalized spacial score (nSPS) is 18.6. The van der Waals surface area contributed by atoms with Crippen molar-refractivity contribution < 1.29 is 9.32 Å². The number of nitrogens with zero attached hydrogens (tertiary/aromatic N) is 5. The Labute approximate surface area is 135 Å². The summed E-state index contributed by atoms with van der Waals surface area (Å²) in [5, 5.41) is 8.21. The van der Waals surface area contributed by atoms with Crippen LogP contribution in [0.2, 0.25) is 0 Å². The monoisotopic (exact) mass is 317 g/mol. The standard InChI is InChI=1S/C16H23N5O2/c1-11(2)16-18-15(19-23-16)13-5-4-6-21(10-13)14(22)7-12-8-17-20(3)9-12/h8-9,11,13H,4-7,10H2,1-3H3. The van der Waals surface area contributed by atoms with Crippen LogP contribution in [-0.4, -0.2) is 43.8 Å². The lowest BCUT2D eigenvalue weighted by molar-refractivity contribution is -0.131. The Hall–Kier alpha value is -2.18. The molecule has 0 N–H and O–H groups in total. The summed E-state index contributed by atoms with van der Waals surface area (Å²) in [6.45, 7) is 5.52. The first-order valence-electron chi connectivity index (χ1n) is 8.11. The fourth-order valence-electron chi connectivity index (χ4n) is 2.91. The van der Waals surface area contributed by atoms with Crippen molar-refractivity contribution in [1.29, 1.82) is 0 Å². The van der Waals surface area contributed by atoms with E-state index in [0.717, 1.165) is 30.8 Å². The van der Waals surface area contributed by atoms with Gasteiger partial charge in [0.1, 0.15) is 0 Å². The second kappa shape index (κ2) is 6.52. The van der Waals surface area contributed by atoms with E-state index >= 15 is 0 Å². The molecular weight excluding hydrogens is 294 g/mol. The zero-order valence-electron chi connectivity index (χ0n) is 13.9. The largest absolute Gasteiger partial charge is 0.342 e. The predicted molar refractivity (Wildman–Crippen MR) is 83.9 cm³/mol. The van der Waals surface area contributed by atoms with E-state index in [2.05, 4.69) is 15.2 Å². The van der Waals surface area contributed by atoms with Crippen molar-refractivity contribution in [2.45, 2.75) is 44.9 Å². The van der Waals surface area contributed by atoms with Crippen LogP contribution in [-0.2, 0) is 18.3 Å². The zero-order valence-corrected chi connectivity index (χ0v) is 13.9. The number of rotatable bonds is 4. The first kappa shape index (κ1) is 15.7. The summed E-state index contributed by atoms with van der Waals surface area (Å²) < 4.78 is 7.01. The molecule has 1 aliphatic rings. The number of amides is 1. The van der Waals surface area contributed by atoms with E-state index in [1.807, 2.05) is 32.0 Å². The molecular formula is C16H23N5O2. The summed E-state index contributed by atoms with van der Waals surface area (Å²) >= 11 is 0. The fourth-order valence-corrected chi connectivity index (χ4v) is 2.91. The Kier molecular flexibility index (Phi) is 4.45. The summed E-state index contributed by atoms with van der Waals surface area (Å²) in [7, 11) is 1.85. The third-order valence-corrected chi connectivity index (χ3v) is 4.20. The van der Waals surface area contributed by atoms with Gasteiger partial charge in [0.2, 0.25) is 11.8 Å². The van der Waals surface area contributed by atoms with Crippen LogP contribution in [0.3, 0.4) is 0 Å². The molecule has 0 saturated carbocycles. The van der Waals surface area contributed by atoms with Gasteiger partial charge in [-0.05, 0) is 18.4 Å². The van der Waals surface area contributed by atoms with Crippen molar-refractivity contribution in [3.05, 3.63) is 29.7 Å². The maximum atomic E-state index is 12.5. The predicted octanol–water partition coefficient (Wildman–Crippen LogP) is 1.88. The minimum atomic E-state index is 0.135. The maximum Gasteiger partial charge on any atom is 0.229 e. The van der Waals surface area contributed by atoms with Crippen molar-refractivity contribution in [2.24, 2.45) is 7.05 Å². The van der Waals surface area contributed by atoms with Crippen molar-refractivity contribution in [1.82, 2.24) is 24.8 Å². The Morgan fingerprint density at radius 3 is 2.96 bits per heavy atom. The van der Waals surface area contributed by atoms with Gasteiger partial charge in [-0.15, -0.1) is 0 Å². The number of aromatic nitrogens is 4. The minimum absolute atomic E-state index is 0.135. The van der Waals surface area contributed by atoms with Gasteiger partial charge in [0, 0.05) is 38.2 Å². The summed E-state index contributed by atoms with van der Waals surface area (Å²) in [6, 6.07) is 0. The van der Waals surface area contributed by atoms with E-state index in [1.54, 1.807) is 10.9 Å². The van der Waals surface area contributed by atoms with Crippen molar-refractivity contribution in [2.75, 3.05) is 13.1 Å². The molecule has 2 aromatic rings. The molecule has 1 fully saturated rings. The topological polar surface area (TPSA) is 77.1 Å². The lowest BCUT2D eigenvalue weighted by Gasteiger charge is -2.31. The van der Waals surface area contributed by atoms with E-state index in [4.69, 9.17) is 4.52 Å². The van der Waals surface area contributed by atoms with Crippen LogP contribution >= 0.6 is 0 Å². The molecule has 124 valence electrons. The maximum absolute atomic E-state index is 12.5. The van der Waals surface area contributed by atoms with Gasteiger partial charge in [0.15, 0.2) is 5.82 Å². The van der Waals surface area contributed by atoms with Crippen LogP contribution in [0, 0.1) is 0 Å². The van der Waals surface area contributed by atoms with Crippen LogP contribution in [0.25, 0.3) is 0 Å². The van der Waals surface area contributed by atoms with Crippen LogP contribution in [0.15, 0.2) is 16.9 Å². The molecule has 0 radical (unpaired) electrons. The first-order chi connectivity index (χ1) is 11.0. The average Bonchev–Trinajstić information content (AvgIpc) is 3.17. The van der Waals surface area contributed by atoms with Crippen molar-refractivity contribution >= 4 is 5.91 Å². The van der Waals surface area contributed by atoms with E-state index < -0.39 is 0 Å². The van der Waals surface area contributed by atoms with Gasteiger partial charge in [-0.2, -0.15) is 10.1 Å². The second-order valence-corrected chi connectivity index (χ2v) is 6.52. The SMILES string of the molecule is CC(C)c1nc(C2CCCN(C(=O)Cc3cnn(C)c3)C2)no1. The molecule has 0 aromatic carbocycles. The van der Waals surface area contributed by atoms with Gasteiger partial charge in [0.05, 0.1) is 12.6 Å². The number of carbonyl (C=O) groups excluding carboxylic acids is 1. The second-order valence-electron chi connectivity index (χ2n) is 6.52. The highest BCUT2D eigenvalue weighted by Gasteiger charge is 2.28.